The lowest BCUT2D eigenvalue weighted by Crippen LogP contribution is -2.50. The van der Waals surface area contributed by atoms with Crippen molar-refractivity contribution in [2.75, 3.05) is 44.7 Å². The maximum absolute atomic E-state index is 12.6. The second-order valence-corrected chi connectivity index (χ2v) is 8.11. The van der Waals surface area contributed by atoms with Gasteiger partial charge in [-0.2, -0.15) is 0 Å². The topological polar surface area (TPSA) is 44.8 Å². The van der Waals surface area contributed by atoms with Crippen molar-refractivity contribution in [1.82, 2.24) is 10.2 Å². The molecule has 1 aliphatic heterocycles. The molecule has 0 spiro atoms. The Bertz CT molecular complexity index is 969. The SMILES string of the molecule is COc1ccc(C(CNC(=O)Cc2ccccc2)N2CCN(c3ccccc3)CC2)cc1. The first kappa shape index (κ1) is 21.9. The predicted octanol–water partition coefficient (Wildman–Crippen LogP) is 3.92. The molecule has 1 saturated heterocycles. The molecule has 1 heterocycles. The summed E-state index contributed by atoms with van der Waals surface area (Å²) >= 11 is 0. The number of hydrogen-bond donors (Lipinski definition) is 1. The number of carbonyl (C=O) groups is 1. The zero-order chi connectivity index (χ0) is 22.2. The maximum atomic E-state index is 12.6. The molecule has 5 heteroatoms. The molecule has 1 N–H and O–H groups in total. The quantitative estimate of drug-likeness (QED) is 0.590. The van der Waals surface area contributed by atoms with Gasteiger partial charge in [0, 0.05) is 38.4 Å². The highest BCUT2D eigenvalue weighted by atomic mass is 16.5. The van der Waals surface area contributed by atoms with Crippen LogP contribution in [0.25, 0.3) is 0 Å². The highest BCUT2D eigenvalue weighted by molar-refractivity contribution is 5.78. The van der Waals surface area contributed by atoms with Gasteiger partial charge in [0.25, 0.3) is 0 Å². The summed E-state index contributed by atoms with van der Waals surface area (Å²) < 4.78 is 5.33. The normalized spacial score (nSPS) is 15.2. The van der Waals surface area contributed by atoms with Crippen molar-refractivity contribution >= 4 is 11.6 Å². The second kappa shape index (κ2) is 10.8. The van der Waals surface area contributed by atoms with Crippen molar-refractivity contribution in [2.45, 2.75) is 12.5 Å². The first-order valence-corrected chi connectivity index (χ1v) is 11.2. The monoisotopic (exact) mass is 429 g/mol. The van der Waals surface area contributed by atoms with Crippen molar-refractivity contribution in [3.8, 4) is 5.75 Å². The second-order valence-electron chi connectivity index (χ2n) is 8.11. The summed E-state index contributed by atoms with van der Waals surface area (Å²) in [6.07, 6.45) is 0.401. The van der Waals surface area contributed by atoms with Crippen molar-refractivity contribution in [2.24, 2.45) is 0 Å². The summed E-state index contributed by atoms with van der Waals surface area (Å²) in [6, 6.07) is 28.8. The van der Waals surface area contributed by atoms with E-state index in [-0.39, 0.29) is 11.9 Å². The van der Waals surface area contributed by atoms with Crippen molar-refractivity contribution < 1.29 is 9.53 Å². The average molecular weight is 430 g/mol. The van der Waals surface area contributed by atoms with Gasteiger partial charge in [-0.25, -0.2) is 0 Å². The number of nitrogens with zero attached hydrogens (tertiary/aromatic N) is 2. The molecule has 0 radical (unpaired) electrons. The number of methoxy groups -OCH3 is 1. The summed E-state index contributed by atoms with van der Waals surface area (Å²) in [6.45, 7) is 4.41. The summed E-state index contributed by atoms with van der Waals surface area (Å²) in [5.41, 5.74) is 3.49. The third kappa shape index (κ3) is 5.68. The van der Waals surface area contributed by atoms with E-state index in [1.54, 1.807) is 7.11 Å². The fourth-order valence-electron chi connectivity index (χ4n) is 4.27. The molecule has 166 valence electrons. The number of piperazine rings is 1. The molecule has 3 aromatic carbocycles. The third-order valence-corrected chi connectivity index (χ3v) is 6.08. The summed E-state index contributed by atoms with van der Waals surface area (Å²) in [7, 11) is 1.68. The lowest BCUT2D eigenvalue weighted by molar-refractivity contribution is -0.120. The molecule has 0 aliphatic carbocycles. The molecule has 1 aliphatic rings. The van der Waals surface area contributed by atoms with Gasteiger partial charge in [-0.3, -0.25) is 9.69 Å². The van der Waals surface area contributed by atoms with E-state index in [4.69, 9.17) is 4.74 Å². The van der Waals surface area contributed by atoms with E-state index >= 15 is 0 Å². The fourth-order valence-corrected chi connectivity index (χ4v) is 4.27. The number of carbonyl (C=O) groups excluding carboxylic acids is 1. The third-order valence-electron chi connectivity index (χ3n) is 6.08. The van der Waals surface area contributed by atoms with Gasteiger partial charge in [-0.05, 0) is 35.4 Å². The predicted molar refractivity (Wildman–Crippen MR) is 129 cm³/mol. The van der Waals surface area contributed by atoms with Crippen LogP contribution in [0.5, 0.6) is 5.75 Å². The number of hydrogen-bond acceptors (Lipinski definition) is 4. The Morgan fingerprint density at radius 1 is 0.875 bits per heavy atom. The van der Waals surface area contributed by atoms with Crippen LogP contribution in [0.15, 0.2) is 84.9 Å². The van der Waals surface area contributed by atoms with Crippen LogP contribution < -0.4 is 15.0 Å². The molecule has 4 rings (SSSR count). The van der Waals surface area contributed by atoms with Gasteiger partial charge in [-0.1, -0.05) is 60.7 Å². The van der Waals surface area contributed by atoms with Crippen molar-refractivity contribution in [1.29, 1.82) is 0 Å². The van der Waals surface area contributed by atoms with Crippen LogP contribution in [0, 0.1) is 0 Å². The number of rotatable bonds is 8. The van der Waals surface area contributed by atoms with E-state index < -0.39 is 0 Å². The van der Waals surface area contributed by atoms with Crippen molar-refractivity contribution in [3.63, 3.8) is 0 Å². The van der Waals surface area contributed by atoms with Gasteiger partial charge < -0.3 is 15.0 Å². The smallest absolute Gasteiger partial charge is 0.224 e. The first-order chi connectivity index (χ1) is 15.7. The Labute approximate surface area is 190 Å². The van der Waals surface area contributed by atoms with E-state index in [0.717, 1.165) is 37.5 Å². The molecular weight excluding hydrogens is 398 g/mol. The fraction of sp³-hybridized carbons (Fsp3) is 0.296. The molecule has 0 aromatic heterocycles. The minimum atomic E-state index is 0.0534. The molecule has 0 bridgehead atoms. The Balaban J connectivity index is 1.42. The molecule has 1 unspecified atom stereocenters. The highest BCUT2D eigenvalue weighted by Gasteiger charge is 2.25. The minimum absolute atomic E-state index is 0.0534. The number of anilines is 1. The minimum Gasteiger partial charge on any atom is -0.497 e. The van der Waals surface area contributed by atoms with Crippen LogP contribution >= 0.6 is 0 Å². The molecule has 1 atom stereocenters. The van der Waals surface area contributed by atoms with E-state index in [1.165, 1.54) is 11.3 Å². The molecule has 3 aromatic rings. The Morgan fingerprint density at radius 3 is 2.12 bits per heavy atom. The van der Waals surface area contributed by atoms with E-state index in [1.807, 2.05) is 42.5 Å². The Morgan fingerprint density at radius 2 is 1.50 bits per heavy atom. The van der Waals surface area contributed by atoms with Crippen LogP contribution in [0.1, 0.15) is 17.2 Å². The Hall–Kier alpha value is -3.31. The summed E-state index contributed by atoms with van der Waals surface area (Å²) in [4.78, 5) is 17.5. The molecule has 5 nitrogen and oxygen atoms in total. The highest BCUT2D eigenvalue weighted by Crippen LogP contribution is 2.25. The van der Waals surface area contributed by atoms with Crippen LogP contribution in [-0.4, -0.2) is 50.6 Å². The zero-order valence-corrected chi connectivity index (χ0v) is 18.6. The van der Waals surface area contributed by atoms with Gasteiger partial charge in [0.05, 0.1) is 19.6 Å². The summed E-state index contributed by atoms with van der Waals surface area (Å²) in [5.74, 6) is 0.896. The maximum Gasteiger partial charge on any atom is 0.224 e. The van der Waals surface area contributed by atoms with Crippen LogP contribution in [0.2, 0.25) is 0 Å². The van der Waals surface area contributed by atoms with E-state index in [9.17, 15) is 4.79 Å². The van der Waals surface area contributed by atoms with E-state index in [2.05, 4.69) is 57.6 Å². The Kier molecular flexibility index (Phi) is 7.41. The van der Waals surface area contributed by atoms with Gasteiger partial charge >= 0.3 is 0 Å². The number of para-hydroxylation sites is 1. The first-order valence-electron chi connectivity index (χ1n) is 11.2. The standard InChI is InChI=1S/C27H31N3O2/c1-32-25-14-12-23(13-15-25)26(21-28-27(31)20-22-8-4-2-5-9-22)30-18-16-29(17-19-30)24-10-6-3-7-11-24/h2-15,26H,16-21H2,1H3,(H,28,31). The molecule has 0 saturated carbocycles. The van der Waals surface area contributed by atoms with E-state index in [0.29, 0.717) is 13.0 Å². The molecule has 1 fully saturated rings. The molecular formula is C27H31N3O2. The number of ether oxygens (including phenoxy) is 1. The van der Waals surface area contributed by atoms with Crippen LogP contribution in [0.3, 0.4) is 0 Å². The van der Waals surface area contributed by atoms with Gasteiger partial charge in [-0.15, -0.1) is 0 Å². The number of amides is 1. The lowest BCUT2D eigenvalue weighted by Gasteiger charge is -2.40. The average Bonchev–Trinajstić information content (AvgIpc) is 2.86. The summed E-state index contributed by atoms with van der Waals surface area (Å²) in [5, 5.41) is 3.17. The zero-order valence-electron chi connectivity index (χ0n) is 18.6. The van der Waals surface area contributed by atoms with Crippen LogP contribution in [0.4, 0.5) is 5.69 Å². The number of benzene rings is 3. The van der Waals surface area contributed by atoms with Gasteiger partial charge in [0.1, 0.15) is 5.75 Å². The van der Waals surface area contributed by atoms with Gasteiger partial charge in [0.2, 0.25) is 5.91 Å². The lowest BCUT2D eigenvalue weighted by atomic mass is 10.0. The molecule has 1 amide bonds. The van der Waals surface area contributed by atoms with Crippen LogP contribution in [-0.2, 0) is 11.2 Å². The number of nitrogens with one attached hydrogen (secondary N) is 1. The van der Waals surface area contributed by atoms with Gasteiger partial charge in [0.15, 0.2) is 0 Å². The molecule has 32 heavy (non-hydrogen) atoms. The largest absolute Gasteiger partial charge is 0.497 e. The van der Waals surface area contributed by atoms with Crippen molar-refractivity contribution in [3.05, 3.63) is 96.1 Å².